The van der Waals surface area contributed by atoms with Crippen LogP contribution >= 0.6 is 11.5 Å². The quantitative estimate of drug-likeness (QED) is 0.851. The summed E-state index contributed by atoms with van der Waals surface area (Å²) in [5, 5.41) is 12.5. The standard InChI is InChI=1S/C10H15N3O2S/c14-6-2-4-8-3-1-5-13(8)10(15)9-7-11-12-16-9/h7-8,14H,1-6H2. The van der Waals surface area contributed by atoms with Gasteiger partial charge >= 0.3 is 0 Å². The molecule has 1 saturated heterocycles. The molecule has 2 heterocycles. The van der Waals surface area contributed by atoms with Crippen molar-refractivity contribution < 1.29 is 9.90 Å². The molecule has 1 fully saturated rings. The Morgan fingerprint density at radius 3 is 3.25 bits per heavy atom. The fourth-order valence-electron chi connectivity index (χ4n) is 2.13. The molecule has 0 aliphatic carbocycles. The minimum Gasteiger partial charge on any atom is -0.396 e. The molecule has 0 aromatic carbocycles. The summed E-state index contributed by atoms with van der Waals surface area (Å²) in [6.45, 7) is 1.01. The van der Waals surface area contributed by atoms with Gasteiger partial charge in [0.25, 0.3) is 5.91 Å². The van der Waals surface area contributed by atoms with E-state index in [1.165, 1.54) is 6.20 Å². The van der Waals surface area contributed by atoms with Crippen LogP contribution in [0, 0.1) is 0 Å². The molecule has 1 unspecified atom stereocenters. The molecule has 2 rings (SSSR count). The Morgan fingerprint density at radius 1 is 1.69 bits per heavy atom. The van der Waals surface area contributed by atoms with Gasteiger partial charge in [-0.25, -0.2) is 0 Å². The Bertz CT molecular complexity index is 342. The number of nitrogens with zero attached hydrogens (tertiary/aromatic N) is 3. The molecule has 0 bridgehead atoms. The van der Waals surface area contributed by atoms with Crippen LogP contribution in [0.4, 0.5) is 0 Å². The monoisotopic (exact) mass is 241 g/mol. The van der Waals surface area contributed by atoms with Gasteiger partial charge in [-0.05, 0) is 37.2 Å². The van der Waals surface area contributed by atoms with Crippen molar-refractivity contribution in [1.29, 1.82) is 0 Å². The first-order chi connectivity index (χ1) is 7.83. The molecule has 1 amide bonds. The maximum atomic E-state index is 12.1. The van der Waals surface area contributed by atoms with E-state index in [-0.39, 0.29) is 18.6 Å². The van der Waals surface area contributed by atoms with Crippen molar-refractivity contribution in [3.8, 4) is 0 Å². The van der Waals surface area contributed by atoms with Crippen molar-refractivity contribution in [3.05, 3.63) is 11.1 Å². The molecule has 1 aromatic heterocycles. The van der Waals surface area contributed by atoms with Crippen LogP contribution in [0.5, 0.6) is 0 Å². The molecule has 1 atom stereocenters. The minimum atomic E-state index is 0.0374. The van der Waals surface area contributed by atoms with Gasteiger partial charge in [0, 0.05) is 19.2 Å². The maximum absolute atomic E-state index is 12.1. The Morgan fingerprint density at radius 2 is 2.56 bits per heavy atom. The Labute approximate surface area is 98.2 Å². The molecule has 1 N–H and O–H groups in total. The van der Waals surface area contributed by atoms with Gasteiger partial charge in [0.2, 0.25) is 0 Å². The van der Waals surface area contributed by atoms with E-state index >= 15 is 0 Å². The Hall–Kier alpha value is -1.01. The molecule has 5 nitrogen and oxygen atoms in total. The number of aliphatic hydroxyl groups excluding tert-OH is 1. The molecule has 1 aliphatic rings. The summed E-state index contributed by atoms with van der Waals surface area (Å²) in [6, 6.07) is 0.279. The summed E-state index contributed by atoms with van der Waals surface area (Å²) in [5.41, 5.74) is 0. The van der Waals surface area contributed by atoms with Crippen molar-refractivity contribution in [2.24, 2.45) is 0 Å². The third kappa shape index (κ3) is 2.38. The van der Waals surface area contributed by atoms with Gasteiger partial charge in [0.1, 0.15) is 4.88 Å². The number of hydrogen-bond acceptors (Lipinski definition) is 5. The lowest BCUT2D eigenvalue weighted by Crippen LogP contribution is -2.35. The smallest absolute Gasteiger partial charge is 0.267 e. The van der Waals surface area contributed by atoms with Gasteiger partial charge in [0.15, 0.2) is 0 Å². The average molecular weight is 241 g/mol. The zero-order valence-electron chi connectivity index (χ0n) is 9.00. The molecule has 1 aromatic rings. The fourth-order valence-corrected chi connectivity index (χ4v) is 2.60. The van der Waals surface area contributed by atoms with Gasteiger partial charge < -0.3 is 10.0 Å². The molecule has 0 radical (unpaired) electrons. The molecular formula is C10H15N3O2S. The van der Waals surface area contributed by atoms with E-state index < -0.39 is 0 Å². The molecule has 16 heavy (non-hydrogen) atoms. The summed E-state index contributed by atoms with van der Waals surface area (Å²) >= 11 is 1.14. The van der Waals surface area contributed by atoms with E-state index in [2.05, 4.69) is 9.59 Å². The zero-order chi connectivity index (χ0) is 11.4. The second kappa shape index (κ2) is 5.36. The van der Waals surface area contributed by atoms with E-state index in [1.807, 2.05) is 4.90 Å². The number of likely N-dealkylation sites (tertiary alicyclic amines) is 1. The van der Waals surface area contributed by atoms with Crippen molar-refractivity contribution >= 4 is 17.4 Å². The summed E-state index contributed by atoms with van der Waals surface area (Å²) in [7, 11) is 0. The average Bonchev–Trinajstić information content (AvgIpc) is 2.96. The number of amides is 1. The Balaban J connectivity index is 1.99. The fraction of sp³-hybridized carbons (Fsp3) is 0.700. The second-order valence-electron chi connectivity index (χ2n) is 3.94. The lowest BCUT2D eigenvalue weighted by Gasteiger charge is -2.23. The van der Waals surface area contributed by atoms with E-state index in [9.17, 15) is 4.79 Å². The lowest BCUT2D eigenvalue weighted by atomic mass is 10.1. The normalized spacial score (nSPS) is 20.3. The van der Waals surface area contributed by atoms with Crippen LogP contribution in [0.15, 0.2) is 6.20 Å². The summed E-state index contributed by atoms with van der Waals surface area (Å²) in [6.07, 6.45) is 5.25. The first-order valence-corrected chi connectivity index (χ1v) is 6.29. The van der Waals surface area contributed by atoms with Gasteiger partial charge in [-0.2, -0.15) is 0 Å². The van der Waals surface area contributed by atoms with Crippen molar-refractivity contribution in [2.45, 2.75) is 31.7 Å². The number of hydrogen-bond donors (Lipinski definition) is 1. The van der Waals surface area contributed by atoms with Crippen LogP contribution in [-0.2, 0) is 0 Å². The second-order valence-corrected chi connectivity index (χ2v) is 4.73. The molecule has 6 heteroatoms. The number of aliphatic hydroxyl groups is 1. The largest absolute Gasteiger partial charge is 0.396 e. The molecule has 0 saturated carbocycles. The number of rotatable bonds is 4. The number of carbonyl (C=O) groups is 1. The first-order valence-electron chi connectivity index (χ1n) is 5.52. The molecule has 0 spiro atoms. The van der Waals surface area contributed by atoms with Crippen LogP contribution in [0.25, 0.3) is 0 Å². The van der Waals surface area contributed by atoms with Crippen molar-refractivity contribution in [2.75, 3.05) is 13.2 Å². The van der Waals surface area contributed by atoms with Crippen LogP contribution in [0.2, 0.25) is 0 Å². The van der Waals surface area contributed by atoms with Crippen LogP contribution in [-0.4, -0.2) is 44.7 Å². The first kappa shape index (κ1) is 11.5. The Kier molecular flexibility index (Phi) is 3.84. The van der Waals surface area contributed by atoms with Crippen LogP contribution in [0.1, 0.15) is 35.4 Å². The predicted octanol–water partition coefficient (Wildman–Crippen LogP) is 0.915. The van der Waals surface area contributed by atoms with E-state index in [0.717, 1.165) is 43.8 Å². The minimum absolute atomic E-state index is 0.0374. The topological polar surface area (TPSA) is 66.3 Å². The van der Waals surface area contributed by atoms with E-state index in [1.54, 1.807) is 0 Å². The third-order valence-corrected chi connectivity index (χ3v) is 3.56. The number of carbonyl (C=O) groups excluding carboxylic acids is 1. The van der Waals surface area contributed by atoms with Crippen molar-refractivity contribution in [1.82, 2.24) is 14.5 Å². The highest BCUT2D eigenvalue weighted by Crippen LogP contribution is 2.23. The summed E-state index contributed by atoms with van der Waals surface area (Å²) in [4.78, 5) is 14.6. The van der Waals surface area contributed by atoms with Crippen LogP contribution < -0.4 is 0 Å². The summed E-state index contributed by atoms with van der Waals surface area (Å²) in [5.74, 6) is 0.0374. The van der Waals surface area contributed by atoms with Crippen LogP contribution in [0.3, 0.4) is 0 Å². The van der Waals surface area contributed by atoms with Crippen molar-refractivity contribution in [3.63, 3.8) is 0 Å². The van der Waals surface area contributed by atoms with Gasteiger partial charge in [0.05, 0.1) is 6.20 Å². The highest BCUT2D eigenvalue weighted by atomic mass is 32.1. The zero-order valence-corrected chi connectivity index (χ0v) is 9.82. The SMILES string of the molecule is O=C(c1cnns1)N1CCCC1CCCO. The predicted molar refractivity (Wildman–Crippen MR) is 60.3 cm³/mol. The highest BCUT2D eigenvalue weighted by Gasteiger charge is 2.29. The number of aromatic nitrogens is 2. The third-order valence-electron chi connectivity index (χ3n) is 2.91. The van der Waals surface area contributed by atoms with Gasteiger partial charge in [-0.15, -0.1) is 5.10 Å². The molecular weight excluding hydrogens is 226 g/mol. The summed E-state index contributed by atoms with van der Waals surface area (Å²) < 4.78 is 3.71. The van der Waals surface area contributed by atoms with E-state index in [0.29, 0.717) is 4.88 Å². The highest BCUT2D eigenvalue weighted by molar-refractivity contribution is 7.07. The van der Waals surface area contributed by atoms with Gasteiger partial charge in [-0.3, -0.25) is 4.79 Å². The van der Waals surface area contributed by atoms with Gasteiger partial charge in [-0.1, -0.05) is 4.49 Å². The van der Waals surface area contributed by atoms with E-state index in [4.69, 9.17) is 5.11 Å². The lowest BCUT2D eigenvalue weighted by molar-refractivity contribution is 0.0729. The molecule has 1 aliphatic heterocycles. The molecule has 88 valence electrons. The maximum Gasteiger partial charge on any atom is 0.267 e.